The summed E-state index contributed by atoms with van der Waals surface area (Å²) in [5.74, 6) is 2.75. The zero-order valence-corrected chi connectivity index (χ0v) is 13.2. The number of unbranched alkanes of at least 4 members (excludes halogenated alkanes) is 2. The Kier molecular flexibility index (Phi) is 7.97. The second-order valence-electron chi connectivity index (χ2n) is 6.66. The first-order valence-electron chi connectivity index (χ1n) is 8.36. The first kappa shape index (κ1) is 16.0. The van der Waals surface area contributed by atoms with Crippen LogP contribution < -0.4 is 5.32 Å². The molecule has 0 heterocycles. The smallest absolute Gasteiger partial charge is 0.00974 e. The monoisotopic (exact) mass is 253 g/mol. The molecule has 1 aliphatic rings. The number of hydrogen-bond donors (Lipinski definition) is 1. The maximum absolute atomic E-state index is 3.62. The minimum Gasteiger partial charge on any atom is -0.317 e. The van der Waals surface area contributed by atoms with Gasteiger partial charge in [-0.05, 0) is 37.6 Å². The molecule has 1 N–H and O–H groups in total. The third kappa shape index (κ3) is 5.30. The Hall–Kier alpha value is -0.0400. The molecule has 18 heavy (non-hydrogen) atoms. The van der Waals surface area contributed by atoms with E-state index in [0.29, 0.717) is 0 Å². The summed E-state index contributed by atoms with van der Waals surface area (Å²) in [6, 6.07) is 0.761. The molecule has 0 saturated heterocycles. The number of hydrogen-bond acceptors (Lipinski definition) is 1. The fourth-order valence-electron chi connectivity index (χ4n) is 3.74. The van der Waals surface area contributed by atoms with Crippen LogP contribution in [-0.2, 0) is 0 Å². The van der Waals surface area contributed by atoms with Crippen LogP contribution in [0.2, 0.25) is 0 Å². The summed E-state index contributed by atoms with van der Waals surface area (Å²) in [5.41, 5.74) is 0. The van der Waals surface area contributed by atoms with E-state index < -0.39 is 0 Å². The van der Waals surface area contributed by atoms with Crippen LogP contribution >= 0.6 is 0 Å². The molecule has 1 fully saturated rings. The van der Waals surface area contributed by atoms with Gasteiger partial charge in [0.25, 0.3) is 0 Å². The van der Waals surface area contributed by atoms with E-state index in [4.69, 9.17) is 0 Å². The zero-order valence-electron chi connectivity index (χ0n) is 13.2. The second-order valence-corrected chi connectivity index (χ2v) is 6.66. The van der Waals surface area contributed by atoms with Crippen molar-refractivity contribution in [2.24, 2.45) is 17.8 Å². The van der Waals surface area contributed by atoms with Crippen molar-refractivity contribution >= 4 is 0 Å². The molecule has 0 radical (unpaired) electrons. The Morgan fingerprint density at radius 2 is 1.89 bits per heavy atom. The summed E-state index contributed by atoms with van der Waals surface area (Å²) in [5, 5.41) is 3.62. The third-order valence-corrected chi connectivity index (χ3v) is 5.02. The van der Waals surface area contributed by atoms with Gasteiger partial charge in [-0.1, -0.05) is 65.7 Å². The molecule has 1 aliphatic carbocycles. The topological polar surface area (TPSA) is 12.0 Å². The normalized spacial score (nSPS) is 28.0. The highest BCUT2D eigenvalue weighted by atomic mass is 14.9. The third-order valence-electron chi connectivity index (χ3n) is 5.02. The molecule has 4 atom stereocenters. The van der Waals surface area contributed by atoms with Crippen molar-refractivity contribution in [2.75, 3.05) is 7.05 Å². The van der Waals surface area contributed by atoms with E-state index in [1.807, 2.05) is 0 Å². The summed E-state index contributed by atoms with van der Waals surface area (Å²) in [7, 11) is 2.17. The molecule has 0 aliphatic heterocycles. The molecule has 108 valence electrons. The van der Waals surface area contributed by atoms with Crippen molar-refractivity contribution in [3.05, 3.63) is 0 Å². The van der Waals surface area contributed by atoms with Gasteiger partial charge in [0.1, 0.15) is 0 Å². The Labute approximate surface area is 115 Å². The van der Waals surface area contributed by atoms with E-state index in [2.05, 4.69) is 33.1 Å². The van der Waals surface area contributed by atoms with Crippen LogP contribution in [0.25, 0.3) is 0 Å². The van der Waals surface area contributed by atoms with Gasteiger partial charge in [-0.15, -0.1) is 0 Å². The van der Waals surface area contributed by atoms with Gasteiger partial charge in [-0.3, -0.25) is 0 Å². The van der Waals surface area contributed by atoms with Crippen LogP contribution in [0, 0.1) is 17.8 Å². The largest absolute Gasteiger partial charge is 0.317 e. The molecule has 1 rings (SSSR count). The van der Waals surface area contributed by atoms with Crippen LogP contribution in [-0.4, -0.2) is 13.1 Å². The van der Waals surface area contributed by atoms with Gasteiger partial charge in [-0.2, -0.15) is 0 Å². The Bertz CT molecular complexity index is 202. The average molecular weight is 253 g/mol. The van der Waals surface area contributed by atoms with Gasteiger partial charge >= 0.3 is 0 Å². The summed E-state index contributed by atoms with van der Waals surface area (Å²) in [4.78, 5) is 0. The number of rotatable bonds is 8. The molecule has 0 aromatic heterocycles. The lowest BCUT2D eigenvalue weighted by Gasteiger charge is -2.36. The fourth-order valence-corrected chi connectivity index (χ4v) is 3.74. The summed E-state index contributed by atoms with van der Waals surface area (Å²) < 4.78 is 0. The zero-order chi connectivity index (χ0) is 13.4. The molecule has 4 unspecified atom stereocenters. The Balaban J connectivity index is 2.35. The van der Waals surface area contributed by atoms with Crippen LogP contribution in [0.4, 0.5) is 0 Å². The lowest BCUT2D eigenvalue weighted by atomic mass is 9.74. The van der Waals surface area contributed by atoms with Crippen LogP contribution in [0.15, 0.2) is 0 Å². The molecular formula is C17H35N. The van der Waals surface area contributed by atoms with Crippen LogP contribution in [0.1, 0.15) is 78.6 Å². The summed E-state index contributed by atoms with van der Waals surface area (Å²) in [6.45, 7) is 7.22. The lowest BCUT2D eigenvalue weighted by molar-refractivity contribution is 0.178. The van der Waals surface area contributed by atoms with Crippen molar-refractivity contribution in [1.82, 2.24) is 5.32 Å². The van der Waals surface area contributed by atoms with Crippen molar-refractivity contribution < 1.29 is 0 Å². The van der Waals surface area contributed by atoms with Gasteiger partial charge in [0, 0.05) is 6.04 Å². The lowest BCUT2D eigenvalue weighted by Crippen LogP contribution is -2.39. The molecular weight excluding hydrogens is 218 g/mol. The first-order valence-corrected chi connectivity index (χ1v) is 8.36. The van der Waals surface area contributed by atoms with Gasteiger partial charge < -0.3 is 5.32 Å². The summed E-state index contributed by atoms with van der Waals surface area (Å²) in [6.07, 6.45) is 12.8. The minimum atomic E-state index is 0.761. The highest BCUT2D eigenvalue weighted by molar-refractivity contribution is 4.83. The fraction of sp³-hybridized carbons (Fsp3) is 1.00. The predicted octanol–water partition coefficient (Wildman–Crippen LogP) is 5.01. The van der Waals surface area contributed by atoms with Crippen LogP contribution in [0.3, 0.4) is 0 Å². The van der Waals surface area contributed by atoms with E-state index >= 15 is 0 Å². The summed E-state index contributed by atoms with van der Waals surface area (Å²) >= 11 is 0. The highest BCUT2D eigenvalue weighted by Gasteiger charge is 2.28. The molecule has 1 heteroatoms. The van der Waals surface area contributed by atoms with Crippen molar-refractivity contribution in [3.8, 4) is 0 Å². The van der Waals surface area contributed by atoms with E-state index in [-0.39, 0.29) is 0 Å². The Morgan fingerprint density at radius 3 is 2.50 bits per heavy atom. The van der Waals surface area contributed by atoms with E-state index in [9.17, 15) is 0 Å². The van der Waals surface area contributed by atoms with Gasteiger partial charge in [0.2, 0.25) is 0 Å². The van der Waals surface area contributed by atoms with E-state index in [0.717, 1.165) is 23.8 Å². The van der Waals surface area contributed by atoms with Crippen LogP contribution in [0.5, 0.6) is 0 Å². The average Bonchev–Trinajstić information content (AvgIpc) is 2.37. The first-order chi connectivity index (χ1) is 8.69. The molecule has 0 aromatic carbocycles. The predicted molar refractivity (Wildman–Crippen MR) is 81.9 cm³/mol. The quantitative estimate of drug-likeness (QED) is 0.600. The second kappa shape index (κ2) is 8.96. The maximum Gasteiger partial charge on any atom is 0.00974 e. The molecule has 1 saturated carbocycles. The highest BCUT2D eigenvalue weighted by Crippen LogP contribution is 2.34. The molecule has 1 nitrogen and oxygen atoms in total. The standard InChI is InChI=1S/C17H35N/c1-5-6-7-10-14(2)13-17(18-4)16-12-9-8-11-15(16)3/h14-18H,5-13H2,1-4H3. The minimum absolute atomic E-state index is 0.761. The Morgan fingerprint density at radius 1 is 1.17 bits per heavy atom. The molecule has 0 spiro atoms. The molecule has 0 amide bonds. The molecule has 0 bridgehead atoms. The van der Waals surface area contributed by atoms with Gasteiger partial charge in [0.05, 0.1) is 0 Å². The number of nitrogens with one attached hydrogen (secondary N) is 1. The van der Waals surface area contributed by atoms with Gasteiger partial charge in [0.15, 0.2) is 0 Å². The van der Waals surface area contributed by atoms with E-state index in [1.165, 1.54) is 57.8 Å². The van der Waals surface area contributed by atoms with E-state index in [1.54, 1.807) is 0 Å². The van der Waals surface area contributed by atoms with Crippen molar-refractivity contribution in [2.45, 2.75) is 84.6 Å². The molecule has 0 aromatic rings. The maximum atomic E-state index is 3.62. The SMILES string of the molecule is CCCCCC(C)CC(NC)C1CCCCC1C. The van der Waals surface area contributed by atoms with Crippen molar-refractivity contribution in [1.29, 1.82) is 0 Å². The van der Waals surface area contributed by atoms with Crippen molar-refractivity contribution in [3.63, 3.8) is 0 Å². The van der Waals surface area contributed by atoms with Gasteiger partial charge in [-0.25, -0.2) is 0 Å².